The van der Waals surface area contributed by atoms with E-state index in [1.54, 1.807) is 7.11 Å². The third-order valence-electron chi connectivity index (χ3n) is 5.22. The van der Waals surface area contributed by atoms with E-state index in [4.69, 9.17) is 19.8 Å². The molecule has 0 aromatic heterocycles. The Morgan fingerprint density at radius 1 is 1.04 bits per heavy atom. The molecule has 2 aromatic rings. The van der Waals surface area contributed by atoms with E-state index in [9.17, 15) is 0 Å². The molecule has 0 radical (unpaired) electrons. The maximum absolute atomic E-state index is 6.12. The van der Waals surface area contributed by atoms with E-state index in [2.05, 4.69) is 30.3 Å². The summed E-state index contributed by atoms with van der Waals surface area (Å²) in [7, 11) is 1.26. The predicted octanol–water partition coefficient (Wildman–Crippen LogP) is 3.82. The van der Waals surface area contributed by atoms with Crippen molar-refractivity contribution >= 4 is 24.0 Å². The van der Waals surface area contributed by atoms with Crippen molar-refractivity contribution in [2.75, 3.05) is 13.7 Å². The predicted molar refractivity (Wildman–Crippen MR) is 104 cm³/mol. The Morgan fingerprint density at radius 2 is 1.64 bits per heavy atom. The Hall–Kier alpha value is -1.82. The number of ether oxygens (including phenoxy) is 1. The summed E-state index contributed by atoms with van der Waals surface area (Å²) in [6.07, 6.45) is 2.06. The second-order valence-corrected chi connectivity index (χ2v) is 7.48. The van der Waals surface area contributed by atoms with Gasteiger partial charge in [0.1, 0.15) is 5.75 Å². The van der Waals surface area contributed by atoms with Crippen LogP contribution in [0, 0.1) is 0 Å². The molecular formula is C20H26BNO3. The van der Waals surface area contributed by atoms with E-state index in [0.29, 0.717) is 6.54 Å². The number of rotatable bonds is 4. The first kappa shape index (κ1) is 18.0. The fourth-order valence-electron chi connectivity index (χ4n) is 2.89. The van der Waals surface area contributed by atoms with Gasteiger partial charge in [-0.05, 0) is 67.7 Å². The van der Waals surface area contributed by atoms with Crippen molar-refractivity contribution in [3.63, 3.8) is 0 Å². The monoisotopic (exact) mass is 339 g/mol. The van der Waals surface area contributed by atoms with Crippen LogP contribution in [0.15, 0.2) is 41.9 Å². The number of fused-ring (bicyclic) bond motifs is 1. The van der Waals surface area contributed by atoms with E-state index in [-0.39, 0.29) is 11.2 Å². The first-order valence-electron chi connectivity index (χ1n) is 8.60. The van der Waals surface area contributed by atoms with Crippen molar-refractivity contribution in [1.29, 1.82) is 0 Å². The first-order valence-corrected chi connectivity index (χ1v) is 8.60. The van der Waals surface area contributed by atoms with Crippen LogP contribution in [-0.2, 0) is 9.31 Å². The van der Waals surface area contributed by atoms with Crippen LogP contribution in [0.2, 0.25) is 0 Å². The standard InChI is InChI=1S/C20H26BNO3/c1-19(2)20(3,4)25-21(24-19)17(13-22)11-14-6-7-16-12-18(23-5)9-8-15(16)10-14/h6-12H,13,22H2,1-5H3. The zero-order valence-corrected chi connectivity index (χ0v) is 15.6. The SMILES string of the molecule is COc1ccc2cc(C=C(CN)B3OC(C)(C)C(C)(C)O3)ccc2c1. The molecule has 3 rings (SSSR count). The Labute approximate surface area is 150 Å². The van der Waals surface area contributed by atoms with E-state index < -0.39 is 7.12 Å². The van der Waals surface area contributed by atoms with Crippen LogP contribution in [0.1, 0.15) is 33.3 Å². The van der Waals surface area contributed by atoms with Crippen LogP contribution in [0.5, 0.6) is 5.75 Å². The Balaban J connectivity index is 1.91. The molecule has 0 saturated carbocycles. The summed E-state index contributed by atoms with van der Waals surface area (Å²) < 4.78 is 17.5. The smallest absolute Gasteiger partial charge is 0.491 e. The van der Waals surface area contributed by atoms with Gasteiger partial charge in [-0.25, -0.2) is 0 Å². The minimum Gasteiger partial charge on any atom is -0.497 e. The van der Waals surface area contributed by atoms with Crippen molar-refractivity contribution in [2.24, 2.45) is 5.73 Å². The van der Waals surface area contributed by atoms with E-state index in [0.717, 1.165) is 27.6 Å². The lowest BCUT2D eigenvalue weighted by molar-refractivity contribution is 0.00578. The lowest BCUT2D eigenvalue weighted by atomic mass is 9.77. The van der Waals surface area contributed by atoms with Gasteiger partial charge < -0.3 is 19.8 Å². The highest BCUT2D eigenvalue weighted by Gasteiger charge is 2.52. The maximum Gasteiger partial charge on any atom is 0.491 e. The fourth-order valence-corrected chi connectivity index (χ4v) is 2.89. The number of hydrogen-bond donors (Lipinski definition) is 1. The molecule has 2 N–H and O–H groups in total. The number of nitrogens with two attached hydrogens (primary N) is 1. The molecule has 1 heterocycles. The van der Waals surface area contributed by atoms with Crippen molar-refractivity contribution in [2.45, 2.75) is 38.9 Å². The molecule has 2 aromatic carbocycles. The van der Waals surface area contributed by atoms with Crippen LogP contribution in [0.4, 0.5) is 0 Å². The summed E-state index contributed by atoms with van der Waals surface area (Å²) in [5, 5.41) is 2.29. The number of hydrogen-bond acceptors (Lipinski definition) is 4. The van der Waals surface area contributed by atoms with Crippen molar-refractivity contribution in [3.05, 3.63) is 47.4 Å². The van der Waals surface area contributed by atoms with Crippen LogP contribution in [0.3, 0.4) is 0 Å². The zero-order valence-electron chi connectivity index (χ0n) is 15.6. The molecule has 5 heteroatoms. The molecule has 1 aliphatic rings. The van der Waals surface area contributed by atoms with Gasteiger partial charge in [0, 0.05) is 6.54 Å². The summed E-state index contributed by atoms with van der Waals surface area (Å²) in [4.78, 5) is 0. The lowest BCUT2D eigenvalue weighted by Gasteiger charge is -2.32. The first-order chi connectivity index (χ1) is 11.8. The van der Waals surface area contributed by atoms with Gasteiger partial charge in [0.2, 0.25) is 0 Å². The largest absolute Gasteiger partial charge is 0.497 e. The summed E-state index contributed by atoms with van der Waals surface area (Å²) in [5.41, 5.74) is 7.26. The second-order valence-electron chi connectivity index (χ2n) is 7.48. The summed E-state index contributed by atoms with van der Waals surface area (Å²) in [5.74, 6) is 0.857. The number of benzene rings is 2. The number of methoxy groups -OCH3 is 1. The van der Waals surface area contributed by atoms with Gasteiger partial charge in [0.05, 0.1) is 18.3 Å². The Morgan fingerprint density at radius 3 is 2.24 bits per heavy atom. The third-order valence-corrected chi connectivity index (χ3v) is 5.22. The normalized spacial score (nSPS) is 19.4. The summed E-state index contributed by atoms with van der Waals surface area (Å²) in [6.45, 7) is 8.57. The third kappa shape index (κ3) is 3.45. The van der Waals surface area contributed by atoms with Crippen LogP contribution >= 0.6 is 0 Å². The highest BCUT2D eigenvalue weighted by Crippen LogP contribution is 2.38. The molecule has 25 heavy (non-hydrogen) atoms. The molecule has 0 atom stereocenters. The minimum absolute atomic E-state index is 0.369. The molecule has 1 aliphatic heterocycles. The quantitative estimate of drug-likeness (QED) is 0.861. The Bertz CT molecular complexity index is 798. The minimum atomic E-state index is -0.415. The molecule has 0 amide bonds. The molecule has 1 fully saturated rings. The van der Waals surface area contributed by atoms with Gasteiger partial charge in [-0.3, -0.25) is 0 Å². The molecule has 132 valence electrons. The molecule has 0 unspecified atom stereocenters. The summed E-state index contributed by atoms with van der Waals surface area (Å²) >= 11 is 0. The fraction of sp³-hybridized carbons (Fsp3) is 0.400. The highest BCUT2D eigenvalue weighted by atomic mass is 16.7. The molecule has 4 nitrogen and oxygen atoms in total. The van der Waals surface area contributed by atoms with Crippen molar-refractivity contribution < 1.29 is 14.0 Å². The average Bonchev–Trinajstić information content (AvgIpc) is 2.79. The van der Waals surface area contributed by atoms with E-state index in [1.807, 2.05) is 39.8 Å². The van der Waals surface area contributed by atoms with Gasteiger partial charge >= 0.3 is 7.12 Å². The topological polar surface area (TPSA) is 53.7 Å². The molecular weight excluding hydrogens is 313 g/mol. The van der Waals surface area contributed by atoms with E-state index >= 15 is 0 Å². The van der Waals surface area contributed by atoms with Crippen LogP contribution in [0.25, 0.3) is 16.8 Å². The highest BCUT2D eigenvalue weighted by molar-refractivity contribution is 6.55. The molecule has 0 aliphatic carbocycles. The van der Waals surface area contributed by atoms with Crippen molar-refractivity contribution in [1.82, 2.24) is 0 Å². The lowest BCUT2D eigenvalue weighted by Crippen LogP contribution is -2.41. The van der Waals surface area contributed by atoms with Gasteiger partial charge in [-0.15, -0.1) is 0 Å². The summed E-state index contributed by atoms with van der Waals surface area (Å²) in [6, 6.07) is 12.3. The van der Waals surface area contributed by atoms with Gasteiger partial charge in [0.25, 0.3) is 0 Å². The average molecular weight is 339 g/mol. The second kappa shape index (κ2) is 6.48. The zero-order chi connectivity index (χ0) is 18.2. The maximum atomic E-state index is 6.12. The van der Waals surface area contributed by atoms with Crippen LogP contribution < -0.4 is 10.5 Å². The van der Waals surface area contributed by atoms with Crippen LogP contribution in [-0.4, -0.2) is 32.0 Å². The van der Waals surface area contributed by atoms with Crippen molar-refractivity contribution in [3.8, 4) is 5.75 Å². The Kier molecular flexibility index (Phi) is 4.67. The van der Waals surface area contributed by atoms with Gasteiger partial charge in [-0.2, -0.15) is 0 Å². The molecule has 0 spiro atoms. The van der Waals surface area contributed by atoms with Gasteiger partial charge in [-0.1, -0.05) is 24.3 Å². The van der Waals surface area contributed by atoms with E-state index in [1.165, 1.54) is 0 Å². The molecule has 0 bridgehead atoms. The molecule has 1 saturated heterocycles. The van der Waals surface area contributed by atoms with Gasteiger partial charge in [0.15, 0.2) is 0 Å².